The first-order chi connectivity index (χ1) is 14.4. The van der Waals surface area contributed by atoms with Crippen LogP contribution in [0.3, 0.4) is 0 Å². The van der Waals surface area contributed by atoms with E-state index in [-0.39, 0.29) is 0 Å². The van der Waals surface area contributed by atoms with Crippen LogP contribution in [0.5, 0.6) is 0 Å². The smallest absolute Gasteiger partial charge is 0.0234 e. The van der Waals surface area contributed by atoms with E-state index in [0.29, 0.717) is 6.54 Å². The first kappa shape index (κ1) is 26.1. The fourth-order valence-electron chi connectivity index (χ4n) is 3.70. The molecule has 168 valence electrons. The molecule has 0 aliphatic carbocycles. The fourth-order valence-corrected chi connectivity index (χ4v) is 3.70. The molecule has 1 aromatic rings. The zero-order valence-electron chi connectivity index (χ0n) is 19.1. The van der Waals surface area contributed by atoms with Gasteiger partial charge in [-0.15, -0.1) is 0 Å². The van der Waals surface area contributed by atoms with Crippen molar-refractivity contribution >= 4 is 0 Å². The Morgan fingerprint density at radius 3 is 1.90 bits per heavy atom. The van der Waals surface area contributed by atoms with E-state index in [0.717, 1.165) is 39.3 Å². The number of rotatable bonds is 21. The predicted octanol–water partition coefficient (Wildman–Crippen LogP) is 4.55. The molecule has 4 heteroatoms. The number of nitrogens with two attached hydrogens (primary N) is 1. The highest BCUT2D eigenvalue weighted by atomic mass is 15.1. The van der Waals surface area contributed by atoms with Crippen molar-refractivity contribution in [1.82, 2.24) is 15.5 Å². The maximum Gasteiger partial charge on any atom is 0.0234 e. The summed E-state index contributed by atoms with van der Waals surface area (Å²) in [5.41, 5.74) is 6.92. The molecule has 0 heterocycles. The number of hydrogen-bond acceptors (Lipinski definition) is 4. The molecule has 0 fully saturated rings. The van der Waals surface area contributed by atoms with Crippen molar-refractivity contribution in [1.29, 1.82) is 0 Å². The fraction of sp³-hybridized carbons (Fsp3) is 0.760. The van der Waals surface area contributed by atoms with E-state index in [1.165, 1.54) is 76.3 Å². The van der Waals surface area contributed by atoms with Crippen LogP contribution < -0.4 is 16.4 Å². The average Bonchev–Trinajstić information content (AvgIpc) is 2.75. The standard InChI is InChI=1S/C25H48N4/c1-2-3-4-5-6-7-8-9-10-14-22-29(24-25-15-12-11-13-16-25)23-21-28-20-19-27-18-17-26/h11-13,15-16,27-28H,2-10,14,17-24,26H2,1H3. The summed E-state index contributed by atoms with van der Waals surface area (Å²) in [6.45, 7) is 10.3. The first-order valence-electron chi connectivity index (χ1n) is 12.2. The molecule has 0 bridgehead atoms. The van der Waals surface area contributed by atoms with Gasteiger partial charge < -0.3 is 16.4 Å². The van der Waals surface area contributed by atoms with Crippen molar-refractivity contribution in [3.8, 4) is 0 Å². The maximum atomic E-state index is 5.50. The van der Waals surface area contributed by atoms with Gasteiger partial charge in [-0.1, -0.05) is 95.0 Å². The molecular weight excluding hydrogens is 356 g/mol. The van der Waals surface area contributed by atoms with E-state index in [2.05, 4.69) is 52.8 Å². The topological polar surface area (TPSA) is 53.3 Å². The Hall–Kier alpha value is -0.940. The Morgan fingerprint density at radius 1 is 0.690 bits per heavy atom. The third-order valence-corrected chi connectivity index (χ3v) is 5.48. The normalized spacial score (nSPS) is 11.4. The molecule has 0 saturated heterocycles. The lowest BCUT2D eigenvalue weighted by molar-refractivity contribution is 0.258. The van der Waals surface area contributed by atoms with Gasteiger partial charge in [-0.3, -0.25) is 4.90 Å². The summed E-state index contributed by atoms with van der Waals surface area (Å²) in [6.07, 6.45) is 14.0. The van der Waals surface area contributed by atoms with Crippen molar-refractivity contribution in [3.05, 3.63) is 35.9 Å². The van der Waals surface area contributed by atoms with E-state index in [1.807, 2.05) is 0 Å². The summed E-state index contributed by atoms with van der Waals surface area (Å²) in [7, 11) is 0. The molecule has 0 amide bonds. The number of unbranched alkanes of at least 4 members (excludes halogenated alkanes) is 9. The van der Waals surface area contributed by atoms with Gasteiger partial charge in [0.2, 0.25) is 0 Å². The van der Waals surface area contributed by atoms with E-state index in [9.17, 15) is 0 Å². The van der Waals surface area contributed by atoms with Crippen molar-refractivity contribution in [2.24, 2.45) is 5.73 Å². The molecule has 0 unspecified atom stereocenters. The first-order valence-corrected chi connectivity index (χ1v) is 12.2. The monoisotopic (exact) mass is 404 g/mol. The SMILES string of the molecule is CCCCCCCCCCCCN(CCNCCNCCN)Cc1ccccc1. The van der Waals surface area contributed by atoms with Crippen LogP contribution in [0.25, 0.3) is 0 Å². The third-order valence-electron chi connectivity index (χ3n) is 5.48. The molecular formula is C25H48N4. The van der Waals surface area contributed by atoms with Gasteiger partial charge in [0.1, 0.15) is 0 Å². The minimum Gasteiger partial charge on any atom is -0.329 e. The van der Waals surface area contributed by atoms with Crippen LogP contribution in [0.4, 0.5) is 0 Å². The number of benzene rings is 1. The summed E-state index contributed by atoms with van der Waals surface area (Å²) in [5, 5.41) is 6.89. The van der Waals surface area contributed by atoms with Crippen molar-refractivity contribution in [3.63, 3.8) is 0 Å². The lowest BCUT2D eigenvalue weighted by Gasteiger charge is -2.23. The third kappa shape index (κ3) is 16.5. The van der Waals surface area contributed by atoms with Gasteiger partial charge in [-0.25, -0.2) is 0 Å². The van der Waals surface area contributed by atoms with Crippen molar-refractivity contribution in [2.45, 2.75) is 77.7 Å². The zero-order valence-corrected chi connectivity index (χ0v) is 19.1. The van der Waals surface area contributed by atoms with Gasteiger partial charge in [-0.2, -0.15) is 0 Å². The minimum absolute atomic E-state index is 0.712. The van der Waals surface area contributed by atoms with Crippen LogP contribution in [-0.2, 0) is 6.54 Å². The second kappa shape index (κ2) is 20.3. The van der Waals surface area contributed by atoms with Crippen LogP contribution in [0.1, 0.15) is 76.7 Å². The van der Waals surface area contributed by atoms with Crippen LogP contribution >= 0.6 is 0 Å². The molecule has 0 radical (unpaired) electrons. The summed E-state index contributed by atoms with van der Waals surface area (Å²) in [5.74, 6) is 0. The Balaban J connectivity index is 2.14. The molecule has 29 heavy (non-hydrogen) atoms. The Bertz CT molecular complexity index is 438. The molecule has 0 aliphatic heterocycles. The Labute approximate surface area is 181 Å². The molecule has 0 atom stereocenters. The highest BCUT2D eigenvalue weighted by Crippen LogP contribution is 2.11. The largest absolute Gasteiger partial charge is 0.329 e. The Morgan fingerprint density at radius 2 is 1.28 bits per heavy atom. The van der Waals surface area contributed by atoms with E-state index < -0.39 is 0 Å². The molecule has 0 aliphatic rings. The molecule has 0 spiro atoms. The Kier molecular flexibility index (Phi) is 18.3. The van der Waals surface area contributed by atoms with Gasteiger partial charge >= 0.3 is 0 Å². The van der Waals surface area contributed by atoms with E-state index >= 15 is 0 Å². The highest BCUT2D eigenvalue weighted by molar-refractivity contribution is 5.14. The molecule has 4 nitrogen and oxygen atoms in total. The molecule has 1 aromatic carbocycles. The predicted molar refractivity (Wildman–Crippen MR) is 128 cm³/mol. The lowest BCUT2D eigenvalue weighted by atomic mass is 10.1. The second-order valence-electron chi connectivity index (χ2n) is 8.23. The number of hydrogen-bond donors (Lipinski definition) is 3. The van der Waals surface area contributed by atoms with Crippen LogP contribution in [-0.4, -0.2) is 50.7 Å². The summed E-state index contributed by atoms with van der Waals surface area (Å²) >= 11 is 0. The maximum absolute atomic E-state index is 5.50. The van der Waals surface area contributed by atoms with Crippen LogP contribution in [0.2, 0.25) is 0 Å². The molecule has 4 N–H and O–H groups in total. The van der Waals surface area contributed by atoms with Crippen LogP contribution in [0, 0.1) is 0 Å². The lowest BCUT2D eigenvalue weighted by Crippen LogP contribution is -2.36. The zero-order chi connectivity index (χ0) is 20.8. The molecule has 0 saturated carbocycles. The summed E-state index contributed by atoms with van der Waals surface area (Å²) < 4.78 is 0. The van der Waals surface area contributed by atoms with Gasteiger partial charge in [0.05, 0.1) is 0 Å². The molecule has 0 aromatic heterocycles. The second-order valence-corrected chi connectivity index (χ2v) is 8.23. The van der Waals surface area contributed by atoms with Gasteiger partial charge in [0, 0.05) is 45.8 Å². The van der Waals surface area contributed by atoms with Gasteiger partial charge in [0.25, 0.3) is 0 Å². The summed E-state index contributed by atoms with van der Waals surface area (Å²) in [4.78, 5) is 2.61. The summed E-state index contributed by atoms with van der Waals surface area (Å²) in [6, 6.07) is 10.9. The van der Waals surface area contributed by atoms with Gasteiger partial charge in [0.15, 0.2) is 0 Å². The van der Waals surface area contributed by atoms with Gasteiger partial charge in [-0.05, 0) is 18.5 Å². The molecule has 1 rings (SSSR count). The van der Waals surface area contributed by atoms with E-state index in [1.54, 1.807) is 0 Å². The van der Waals surface area contributed by atoms with Crippen LogP contribution in [0.15, 0.2) is 30.3 Å². The highest BCUT2D eigenvalue weighted by Gasteiger charge is 2.06. The average molecular weight is 405 g/mol. The number of nitrogens with zero attached hydrogens (tertiary/aromatic N) is 1. The number of nitrogens with one attached hydrogen (secondary N) is 2. The van der Waals surface area contributed by atoms with Crippen molar-refractivity contribution < 1.29 is 0 Å². The quantitative estimate of drug-likeness (QED) is 0.263. The van der Waals surface area contributed by atoms with E-state index in [4.69, 9.17) is 5.73 Å². The van der Waals surface area contributed by atoms with Crippen molar-refractivity contribution in [2.75, 3.05) is 45.8 Å². The minimum atomic E-state index is 0.712.